The van der Waals surface area contributed by atoms with Crippen LogP contribution >= 0.6 is 11.8 Å². The van der Waals surface area contributed by atoms with Gasteiger partial charge in [0.05, 0.1) is 38.7 Å². The van der Waals surface area contributed by atoms with Gasteiger partial charge in [-0.05, 0) is 43.7 Å². The molecule has 0 saturated carbocycles. The van der Waals surface area contributed by atoms with E-state index in [9.17, 15) is 14.4 Å². The standard InChI is InChI=1S/C24H29N3O7S/c1-7-34-18-12-16(25-14(3)28)8-9-17(18)22(29)26-27-23(30)13(2)35-24(27)15-10-19(31-4)21(33-6)20(11-15)32-5/h8-13,24H,7H2,1-6H3,(H,25,28)(H,26,29)/t13-,24-/m1/s1. The third-order valence-corrected chi connectivity index (χ3v) is 6.54. The van der Waals surface area contributed by atoms with Gasteiger partial charge in [-0.25, -0.2) is 5.01 Å². The van der Waals surface area contributed by atoms with Gasteiger partial charge >= 0.3 is 0 Å². The van der Waals surface area contributed by atoms with E-state index in [0.717, 1.165) is 0 Å². The number of anilines is 1. The van der Waals surface area contributed by atoms with Crippen molar-refractivity contribution in [3.63, 3.8) is 0 Å². The number of methoxy groups -OCH3 is 3. The molecule has 2 aromatic carbocycles. The molecule has 0 bridgehead atoms. The topological polar surface area (TPSA) is 115 Å². The number of nitrogens with zero attached hydrogens (tertiary/aromatic N) is 1. The highest BCUT2D eigenvalue weighted by molar-refractivity contribution is 8.01. The summed E-state index contributed by atoms with van der Waals surface area (Å²) in [5.41, 5.74) is 4.14. The van der Waals surface area contributed by atoms with Crippen LogP contribution in [0, 0.1) is 0 Å². The van der Waals surface area contributed by atoms with Crippen molar-refractivity contribution in [2.75, 3.05) is 33.3 Å². The second-order valence-corrected chi connectivity index (χ2v) is 8.99. The number of hydrazine groups is 1. The Hall–Kier alpha value is -3.60. The fourth-order valence-corrected chi connectivity index (χ4v) is 4.83. The summed E-state index contributed by atoms with van der Waals surface area (Å²) in [6, 6.07) is 8.20. The molecule has 0 spiro atoms. The highest BCUT2D eigenvalue weighted by Crippen LogP contribution is 2.47. The SMILES string of the molecule is CCOc1cc(NC(C)=O)ccc1C(=O)NN1C(=O)[C@@H](C)S[C@@H]1c1cc(OC)c(OC)c(OC)c1. The summed E-state index contributed by atoms with van der Waals surface area (Å²) in [6.45, 7) is 5.27. The molecule has 2 aromatic rings. The van der Waals surface area contributed by atoms with Crippen molar-refractivity contribution < 1.29 is 33.3 Å². The van der Waals surface area contributed by atoms with E-state index in [1.807, 2.05) is 0 Å². The molecule has 11 heteroatoms. The van der Waals surface area contributed by atoms with Gasteiger partial charge in [-0.1, -0.05) is 0 Å². The molecule has 1 fully saturated rings. The first-order chi connectivity index (χ1) is 16.7. The zero-order valence-electron chi connectivity index (χ0n) is 20.5. The van der Waals surface area contributed by atoms with Crippen LogP contribution in [0.5, 0.6) is 23.0 Å². The second-order valence-electron chi connectivity index (χ2n) is 7.56. The number of benzene rings is 2. The van der Waals surface area contributed by atoms with Crippen molar-refractivity contribution in [1.29, 1.82) is 0 Å². The minimum Gasteiger partial charge on any atom is -0.493 e. The first kappa shape index (κ1) is 26.0. The first-order valence-electron chi connectivity index (χ1n) is 10.9. The van der Waals surface area contributed by atoms with Crippen LogP contribution in [0.3, 0.4) is 0 Å². The molecule has 188 valence electrons. The maximum Gasteiger partial charge on any atom is 0.273 e. The van der Waals surface area contributed by atoms with E-state index in [1.54, 1.807) is 38.1 Å². The molecule has 1 aliphatic rings. The van der Waals surface area contributed by atoms with Crippen LogP contribution in [0.2, 0.25) is 0 Å². The predicted molar refractivity (Wildman–Crippen MR) is 132 cm³/mol. The fraction of sp³-hybridized carbons (Fsp3) is 0.375. The number of hydrogen-bond donors (Lipinski definition) is 2. The normalized spacial score (nSPS) is 17.1. The molecule has 10 nitrogen and oxygen atoms in total. The predicted octanol–water partition coefficient (Wildman–Crippen LogP) is 3.38. The summed E-state index contributed by atoms with van der Waals surface area (Å²) < 4.78 is 21.9. The van der Waals surface area contributed by atoms with E-state index >= 15 is 0 Å². The summed E-state index contributed by atoms with van der Waals surface area (Å²) in [4.78, 5) is 37.7. The monoisotopic (exact) mass is 503 g/mol. The summed E-state index contributed by atoms with van der Waals surface area (Å²) in [6.07, 6.45) is 0. The van der Waals surface area contributed by atoms with E-state index in [0.29, 0.717) is 35.1 Å². The lowest BCUT2D eigenvalue weighted by atomic mass is 10.1. The quantitative estimate of drug-likeness (QED) is 0.535. The summed E-state index contributed by atoms with van der Waals surface area (Å²) in [5, 5.41) is 3.03. The average Bonchev–Trinajstić information content (AvgIpc) is 3.11. The van der Waals surface area contributed by atoms with E-state index in [4.69, 9.17) is 18.9 Å². The Kier molecular flexibility index (Phi) is 8.34. The lowest BCUT2D eigenvalue weighted by Crippen LogP contribution is -2.45. The largest absolute Gasteiger partial charge is 0.493 e. The lowest BCUT2D eigenvalue weighted by Gasteiger charge is -2.26. The van der Waals surface area contributed by atoms with Crippen molar-refractivity contribution in [2.24, 2.45) is 0 Å². The highest BCUT2D eigenvalue weighted by Gasteiger charge is 2.41. The van der Waals surface area contributed by atoms with Crippen molar-refractivity contribution in [2.45, 2.75) is 31.4 Å². The minimum absolute atomic E-state index is 0.224. The van der Waals surface area contributed by atoms with Gasteiger partial charge in [0.15, 0.2) is 11.5 Å². The smallest absolute Gasteiger partial charge is 0.273 e. The number of hydrogen-bond acceptors (Lipinski definition) is 8. The Morgan fingerprint density at radius 3 is 2.23 bits per heavy atom. The molecule has 0 aliphatic carbocycles. The van der Waals surface area contributed by atoms with Crippen LogP contribution in [0.4, 0.5) is 5.69 Å². The lowest BCUT2D eigenvalue weighted by molar-refractivity contribution is -0.132. The number of rotatable bonds is 9. The minimum atomic E-state index is -0.538. The first-order valence-corrected chi connectivity index (χ1v) is 11.8. The second kappa shape index (κ2) is 11.2. The molecule has 0 radical (unpaired) electrons. The Bertz CT molecular complexity index is 1100. The Labute approximate surface area is 208 Å². The van der Waals surface area contributed by atoms with E-state index in [2.05, 4.69) is 10.7 Å². The van der Waals surface area contributed by atoms with Crippen LogP contribution in [0.15, 0.2) is 30.3 Å². The van der Waals surface area contributed by atoms with Crippen molar-refractivity contribution >= 4 is 35.2 Å². The van der Waals surface area contributed by atoms with Gasteiger partial charge < -0.3 is 24.3 Å². The number of carbonyl (C=O) groups is 3. The highest BCUT2D eigenvalue weighted by atomic mass is 32.2. The summed E-state index contributed by atoms with van der Waals surface area (Å²) in [5.74, 6) is 0.566. The van der Waals surface area contributed by atoms with Gasteiger partial charge in [-0.15, -0.1) is 11.8 Å². The van der Waals surface area contributed by atoms with Gasteiger partial charge in [0, 0.05) is 18.7 Å². The van der Waals surface area contributed by atoms with Crippen LogP contribution in [0.1, 0.15) is 42.1 Å². The molecule has 2 atom stereocenters. The molecule has 1 aliphatic heterocycles. The van der Waals surface area contributed by atoms with Gasteiger partial charge in [0.2, 0.25) is 11.7 Å². The Morgan fingerprint density at radius 1 is 1.03 bits per heavy atom. The fourth-order valence-electron chi connectivity index (χ4n) is 3.64. The van der Waals surface area contributed by atoms with E-state index in [1.165, 1.54) is 51.1 Å². The molecule has 3 amide bonds. The molecule has 0 aromatic heterocycles. The zero-order valence-corrected chi connectivity index (χ0v) is 21.3. The van der Waals surface area contributed by atoms with Gasteiger partial charge in [-0.3, -0.25) is 19.8 Å². The average molecular weight is 504 g/mol. The van der Waals surface area contributed by atoms with E-state index in [-0.39, 0.29) is 23.1 Å². The van der Waals surface area contributed by atoms with Crippen LogP contribution in [0.25, 0.3) is 0 Å². The zero-order chi connectivity index (χ0) is 25.7. The Morgan fingerprint density at radius 2 is 1.69 bits per heavy atom. The molecule has 1 saturated heterocycles. The molecule has 0 unspecified atom stereocenters. The van der Waals surface area contributed by atoms with Gasteiger partial charge in [-0.2, -0.15) is 0 Å². The molecular weight excluding hydrogens is 474 g/mol. The molecule has 35 heavy (non-hydrogen) atoms. The molecule has 3 rings (SSSR count). The maximum atomic E-state index is 13.3. The van der Waals surface area contributed by atoms with Crippen LogP contribution in [-0.2, 0) is 9.59 Å². The third-order valence-electron chi connectivity index (χ3n) is 5.19. The summed E-state index contributed by atoms with van der Waals surface area (Å²) in [7, 11) is 4.53. The summed E-state index contributed by atoms with van der Waals surface area (Å²) >= 11 is 1.38. The van der Waals surface area contributed by atoms with Gasteiger partial charge in [0.1, 0.15) is 11.1 Å². The van der Waals surface area contributed by atoms with Crippen LogP contribution < -0.4 is 29.7 Å². The van der Waals surface area contributed by atoms with Crippen molar-refractivity contribution in [1.82, 2.24) is 10.4 Å². The molecule has 1 heterocycles. The molecule has 2 N–H and O–H groups in total. The number of carbonyl (C=O) groups excluding carboxylic acids is 3. The van der Waals surface area contributed by atoms with Gasteiger partial charge in [0.25, 0.3) is 11.8 Å². The van der Waals surface area contributed by atoms with Crippen molar-refractivity contribution in [3.8, 4) is 23.0 Å². The number of amides is 3. The molecular formula is C24H29N3O7S. The van der Waals surface area contributed by atoms with Crippen molar-refractivity contribution in [3.05, 3.63) is 41.5 Å². The Balaban J connectivity index is 1.95. The van der Waals surface area contributed by atoms with Crippen LogP contribution in [-0.4, -0.2) is 55.9 Å². The third kappa shape index (κ3) is 5.56. The number of thioether (sulfide) groups is 1. The van der Waals surface area contributed by atoms with E-state index < -0.39 is 16.5 Å². The number of ether oxygens (including phenoxy) is 4. The maximum absolute atomic E-state index is 13.3. The number of nitrogens with one attached hydrogen (secondary N) is 2.